The molecule has 0 amide bonds. The van der Waals surface area contributed by atoms with Crippen molar-refractivity contribution in [1.82, 2.24) is 0 Å². The number of ether oxygens (including phenoxy) is 3. The predicted octanol–water partition coefficient (Wildman–Crippen LogP) is 1.53. The highest BCUT2D eigenvalue weighted by atomic mass is 16.5. The van der Waals surface area contributed by atoms with Gasteiger partial charge in [-0.25, -0.2) is 0 Å². The fourth-order valence-electron chi connectivity index (χ4n) is 1.94. The standard InChI is InChI=1S/C13H18O4/c1-15-5-6-17-13-8-10(9-14)7-12-11(13)3-2-4-16-12/h7-8,14H,2-6,9H2,1H3. The lowest BCUT2D eigenvalue weighted by atomic mass is 10.0. The SMILES string of the molecule is COCCOc1cc(CO)cc2c1CCCO2. The average Bonchev–Trinajstić information content (AvgIpc) is 2.38. The number of aliphatic hydroxyl groups is 1. The average molecular weight is 238 g/mol. The maximum Gasteiger partial charge on any atom is 0.126 e. The minimum Gasteiger partial charge on any atom is -0.493 e. The van der Waals surface area contributed by atoms with Crippen LogP contribution in [-0.2, 0) is 17.8 Å². The molecule has 0 aliphatic carbocycles. The van der Waals surface area contributed by atoms with Gasteiger partial charge in [0.2, 0.25) is 0 Å². The summed E-state index contributed by atoms with van der Waals surface area (Å²) in [5.41, 5.74) is 1.92. The molecule has 0 fully saturated rings. The highest BCUT2D eigenvalue weighted by molar-refractivity contribution is 5.49. The molecule has 4 heteroatoms. The van der Waals surface area contributed by atoms with Crippen LogP contribution in [0.25, 0.3) is 0 Å². The van der Waals surface area contributed by atoms with Crippen LogP contribution in [0.5, 0.6) is 11.5 Å². The summed E-state index contributed by atoms with van der Waals surface area (Å²) in [6, 6.07) is 3.76. The molecule has 1 heterocycles. The third kappa shape index (κ3) is 2.90. The summed E-state index contributed by atoms with van der Waals surface area (Å²) in [5.74, 6) is 1.65. The summed E-state index contributed by atoms with van der Waals surface area (Å²) < 4.78 is 16.2. The Balaban J connectivity index is 2.21. The molecule has 1 N–H and O–H groups in total. The Morgan fingerprint density at radius 2 is 2.24 bits per heavy atom. The maximum absolute atomic E-state index is 9.20. The van der Waals surface area contributed by atoms with E-state index in [0.717, 1.165) is 42.1 Å². The Bertz CT molecular complexity index is 376. The second-order valence-corrected chi connectivity index (χ2v) is 4.02. The van der Waals surface area contributed by atoms with Crippen LogP contribution in [-0.4, -0.2) is 32.0 Å². The molecule has 4 nitrogen and oxygen atoms in total. The van der Waals surface area contributed by atoms with E-state index in [1.54, 1.807) is 7.11 Å². The topological polar surface area (TPSA) is 47.9 Å². The number of benzene rings is 1. The fourth-order valence-corrected chi connectivity index (χ4v) is 1.94. The number of methoxy groups -OCH3 is 1. The first-order valence-electron chi connectivity index (χ1n) is 5.86. The third-order valence-corrected chi connectivity index (χ3v) is 2.78. The predicted molar refractivity (Wildman–Crippen MR) is 63.6 cm³/mol. The molecule has 0 aromatic heterocycles. The van der Waals surface area contributed by atoms with Crippen LogP contribution in [0.2, 0.25) is 0 Å². The van der Waals surface area contributed by atoms with Crippen LogP contribution in [0.3, 0.4) is 0 Å². The molecule has 1 aromatic carbocycles. The van der Waals surface area contributed by atoms with Crippen molar-refractivity contribution >= 4 is 0 Å². The highest BCUT2D eigenvalue weighted by Crippen LogP contribution is 2.34. The van der Waals surface area contributed by atoms with Crippen LogP contribution in [0.15, 0.2) is 12.1 Å². The van der Waals surface area contributed by atoms with Gasteiger partial charge in [0.25, 0.3) is 0 Å². The zero-order valence-electron chi connectivity index (χ0n) is 10.1. The Kier molecular flexibility index (Phi) is 4.23. The maximum atomic E-state index is 9.20. The third-order valence-electron chi connectivity index (χ3n) is 2.78. The van der Waals surface area contributed by atoms with Crippen LogP contribution in [0.4, 0.5) is 0 Å². The summed E-state index contributed by atoms with van der Waals surface area (Å²) in [5, 5.41) is 9.20. The molecule has 94 valence electrons. The van der Waals surface area contributed by atoms with Gasteiger partial charge in [0.05, 0.1) is 19.8 Å². The van der Waals surface area contributed by atoms with Crippen LogP contribution in [0.1, 0.15) is 17.5 Å². The van der Waals surface area contributed by atoms with Crippen molar-refractivity contribution in [2.75, 3.05) is 26.9 Å². The molecule has 1 aromatic rings. The van der Waals surface area contributed by atoms with Gasteiger partial charge < -0.3 is 19.3 Å². The normalized spacial score (nSPS) is 14.0. The summed E-state index contributed by atoms with van der Waals surface area (Å²) in [7, 11) is 1.64. The molecule has 0 radical (unpaired) electrons. The molecule has 17 heavy (non-hydrogen) atoms. The van der Waals surface area contributed by atoms with Gasteiger partial charge in [-0.1, -0.05) is 0 Å². The van der Waals surface area contributed by atoms with Crippen molar-refractivity contribution in [1.29, 1.82) is 0 Å². The van der Waals surface area contributed by atoms with Gasteiger partial charge in [-0.2, -0.15) is 0 Å². The molecule has 1 aliphatic heterocycles. The van der Waals surface area contributed by atoms with E-state index in [-0.39, 0.29) is 6.61 Å². The first-order chi connectivity index (χ1) is 8.35. The molecule has 0 saturated carbocycles. The number of fused-ring (bicyclic) bond motifs is 1. The van der Waals surface area contributed by atoms with Crippen molar-refractivity contribution in [2.24, 2.45) is 0 Å². The van der Waals surface area contributed by atoms with Gasteiger partial charge in [0, 0.05) is 12.7 Å². The first kappa shape index (κ1) is 12.2. The molecule has 1 aliphatic rings. The fraction of sp³-hybridized carbons (Fsp3) is 0.538. The van der Waals surface area contributed by atoms with Gasteiger partial charge in [-0.3, -0.25) is 0 Å². The van der Waals surface area contributed by atoms with Crippen molar-refractivity contribution < 1.29 is 19.3 Å². The molecule has 2 rings (SSSR count). The number of hydrogen-bond acceptors (Lipinski definition) is 4. The number of aliphatic hydroxyl groups excluding tert-OH is 1. The van der Waals surface area contributed by atoms with Crippen LogP contribution < -0.4 is 9.47 Å². The van der Waals surface area contributed by atoms with Crippen molar-refractivity contribution in [3.05, 3.63) is 23.3 Å². The van der Waals surface area contributed by atoms with E-state index >= 15 is 0 Å². The molecule has 0 unspecified atom stereocenters. The summed E-state index contributed by atoms with van der Waals surface area (Å²) >= 11 is 0. The van der Waals surface area contributed by atoms with Crippen molar-refractivity contribution in [3.63, 3.8) is 0 Å². The monoisotopic (exact) mass is 238 g/mol. The second kappa shape index (κ2) is 5.89. The molecule has 0 saturated heterocycles. The van der Waals surface area contributed by atoms with Gasteiger partial charge >= 0.3 is 0 Å². The van der Waals surface area contributed by atoms with Crippen LogP contribution in [0, 0.1) is 0 Å². The second-order valence-electron chi connectivity index (χ2n) is 4.02. The minimum atomic E-state index is -0.00270. The lowest BCUT2D eigenvalue weighted by molar-refractivity contribution is 0.144. The summed E-state index contributed by atoms with van der Waals surface area (Å²) in [4.78, 5) is 0. The van der Waals surface area contributed by atoms with E-state index in [1.165, 1.54) is 0 Å². The molecule has 0 atom stereocenters. The van der Waals surface area contributed by atoms with E-state index in [1.807, 2.05) is 12.1 Å². The quantitative estimate of drug-likeness (QED) is 0.790. The largest absolute Gasteiger partial charge is 0.493 e. The highest BCUT2D eigenvalue weighted by Gasteiger charge is 2.16. The van der Waals surface area contributed by atoms with Crippen LogP contribution >= 0.6 is 0 Å². The number of hydrogen-bond donors (Lipinski definition) is 1. The minimum absolute atomic E-state index is 0.00270. The van der Waals surface area contributed by atoms with Gasteiger partial charge in [-0.05, 0) is 30.5 Å². The van der Waals surface area contributed by atoms with Gasteiger partial charge in [0.15, 0.2) is 0 Å². The molecular weight excluding hydrogens is 220 g/mol. The number of rotatable bonds is 5. The van der Waals surface area contributed by atoms with E-state index in [9.17, 15) is 5.11 Å². The smallest absolute Gasteiger partial charge is 0.126 e. The van der Waals surface area contributed by atoms with E-state index in [4.69, 9.17) is 14.2 Å². The molecule has 0 spiro atoms. The van der Waals surface area contributed by atoms with Crippen molar-refractivity contribution in [3.8, 4) is 11.5 Å². The van der Waals surface area contributed by atoms with Crippen molar-refractivity contribution in [2.45, 2.75) is 19.4 Å². The lowest BCUT2D eigenvalue weighted by Crippen LogP contribution is -2.12. The van der Waals surface area contributed by atoms with E-state index in [2.05, 4.69) is 0 Å². The Hall–Kier alpha value is -1.26. The Morgan fingerprint density at radius 3 is 3.00 bits per heavy atom. The summed E-state index contributed by atoms with van der Waals surface area (Å²) in [6.07, 6.45) is 1.97. The van der Waals surface area contributed by atoms with E-state index in [0.29, 0.717) is 13.2 Å². The Morgan fingerprint density at radius 1 is 1.35 bits per heavy atom. The lowest BCUT2D eigenvalue weighted by Gasteiger charge is -2.21. The van der Waals surface area contributed by atoms with Gasteiger partial charge in [0.1, 0.15) is 18.1 Å². The van der Waals surface area contributed by atoms with Gasteiger partial charge in [-0.15, -0.1) is 0 Å². The summed E-state index contributed by atoms with van der Waals surface area (Å²) in [6.45, 7) is 1.80. The first-order valence-corrected chi connectivity index (χ1v) is 5.86. The van der Waals surface area contributed by atoms with E-state index < -0.39 is 0 Å². The molecular formula is C13H18O4. The Labute approximate surface area is 101 Å². The zero-order chi connectivity index (χ0) is 12.1. The zero-order valence-corrected chi connectivity index (χ0v) is 10.1. The molecule has 0 bridgehead atoms.